The van der Waals surface area contributed by atoms with Crippen molar-refractivity contribution in [1.82, 2.24) is 10.4 Å². The largest absolute Gasteiger partial charge is 0.493 e. The summed E-state index contributed by atoms with van der Waals surface area (Å²) in [5.74, 6) is 1.02. The van der Waals surface area contributed by atoms with Gasteiger partial charge in [-0.05, 0) is 42.8 Å². The van der Waals surface area contributed by atoms with Crippen molar-refractivity contribution >= 4 is 38.8 Å². The van der Waals surface area contributed by atoms with E-state index in [1.165, 1.54) is 11.3 Å². The zero-order valence-corrected chi connectivity index (χ0v) is 15.9. The number of hydrazone groups is 1. The summed E-state index contributed by atoms with van der Waals surface area (Å²) in [6.07, 6.45) is 1.55. The first kappa shape index (κ1) is 18.7. The number of benzene rings is 2. The number of carbonyl (C=O) groups excluding carboxylic acids is 1. The predicted octanol–water partition coefficient (Wildman–Crippen LogP) is 3.27. The third kappa shape index (κ3) is 4.95. The lowest BCUT2D eigenvalue weighted by Crippen LogP contribution is -2.25. The Kier molecular flexibility index (Phi) is 6.22. The Bertz CT molecular complexity index is 922. The van der Waals surface area contributed by atoms with Crippen LogP contribution in [0.15, 0.2) is 47.6 Å². The number of carbonyl (C=O) groups is 1. The first-order chi connectivity index (χ1) is 13.2. The average Bonchev–Trinajstić information content (AvgIpc) is 3.10. The van der Waals surface area contributed by atoms with Crippen LogP contribution >= 0.6 is 11.3 Å². The predicted molar refractivity (Wildman–Crippen MR) is 108 cm³/mol. The highest BCUT2D eigenvalue weighted by Gasteiger charge is 2.06. The molecule has 27 heavy (non-hydrogen) atoms. The highest BCUT2D eigenvalue weighted by molar-refractivity contribution is 7.22. The molecule has 2 aromatic carbocycles. The van der Waals surface area contributed by atoms with Gasteiger partial charge >= 0.3 is 0 Å². The third-order valence-corrected chi connectivity index (χ3v) is 4.58. The molecule has 0 aliphatic rings. The molecule has 0 aliphatic heterocycles. The normalized spacial score (nSPS) is 10.9. The molecular weight excluding hydrogens is 364 g/mol. The first-order valence-electron chi connectivity index (χ1n) is 8.41. The van der Waals surface area contributed by atoms with Gasteiger partial charge in [-0.2, -0.15) is 5.10 Å². The van der Waals surface area contributed by atoms with Gasteiger partial charge in [0, 0.05) is 0 Å². The lowest BCUT2D eigenvalue weighted by atomic mass is 10.2. The first-order valence-corrected chi connectivity index (χ1v) is 9.23. The van der Waals surface area contributed by atoms with Crippen molar-refractivity contribution in [2.75, 3.05) is 25.6 Å². The number of methoxy groups -OCH3 is 1. The topological polar surface area (TPSA) is 84.8 Å². The summed E-state index contributed by atoms with van der Waals surface area (Å²) in [7, 11) is 1.58. The minimum absolute atomic E-state index is 0.0871. The highest BCUT2D eigenvalue weighted by Crippen LogP contribution is 2.27. The molecule has 0 radical (unpaired) electrons. The van der Waals surface area contributed by atoms with Crippen LogP contribution in [0.4, 0.5) is 5.13 Å². The molecule has 8 heteroatoms. The van der Waals surface area contributed by atoms with E-state index in [0.29, 0.717) is 23.2 Å². The molecule has 0 atom stereocenters. The number of amides is 1. The van der Waals surface area contributed by atoms with Crippen molar-refractivity contribution in [1.29, 1.82) is 0 Å². The fourth-order valence-corrected chi connectivity index (χ4v) is 3.22. The molecule has 1 aromatic heterocycles. The Morgan fingerprint density at radius 3 is 2.89 bits per heavy atom. The van der Waals surface area contributed by atoms with E-state index >= 15 is 0 Å². The lowest BCUT2D eigenvalue weighted by Gasteiger charge is -2.09. The van der Waals surface area contributed by atoms with E-state index in [9.17, 15) is 4.79 Å². The summed E-state index contributed by atoms with van der Waals surface area (Å²) in [5.41, 5.74) is 4.18. The molecule has 7 nitrogen and oxygen atoms in total. The van der Waals surface area contributed by atoms with Gasteiger partial charge in [0.25, 0.3) is 5.91 Å². The van der Waals surface area contributed by atoms with E-state index in [2.05, 4.69) is 20.8 Å². The van der Waals surface area contributed by atoms with Gasteiger partial charge in [0.15, 0.2) is 16.6 Å². The number of hydrogen-bond acceptors (Lipinski definition) is 7. The summed E-state index contributed by atoms with van der Waals surface area (Å²) in [5, 5.41) is 7.68. The van der Waals surface area contributed by atoms with Gasteiger partial charge in [0.2, 0.25) is 0 Å². The van der Waals surface area contributed by atoms with E-state index in [0.717, 1.165) is 15.8 Å². The van der Waals surface area contributed by atoms with E-state index in [4.69, 9.17) is 9.47 Å². The molecule has 1 heterocycles. The number of anilines is 1. The fourth-order valence-electron chi connectivity index (χ4n) is 2.36. The van der Waals surface area contributed by atoms with Crippen LogP contribution in [0.5, 0.6) is 11.5 Å². The van der Waals surface area contributed by atoms with Gasteiger partial charge in [-0.25, -0.2) is 10.4 Å². The molecular formula is C19H20N4O3S. The Labute approximate surface area is 161 Å². The molecule has 0 spiro atoms. The van der Waals surface area contributed by atoms with Crippen molar-refractivity contribution in [3.05, 3.63) is 48.0 Å². The molecule has 0 saturated carbocycles. The minimum Gasteiger partial charge on any atom is -0.493 e. The van der Waals surface area contributed by atoms with E-state index in [-0.39, 0.29) is 12.5 Å². The van der Waals surface area contributed by atoms with Crippen molar-refractivity contribution in [3.8, 4) is 11.5 Å². The minimum atomic E-state index is -0.261. The number of fused-ring (bicyclic) bond motifs is 1. The summed E-state index contributed by atoms with van der Waals surface area (Å²) < 4.78 is 11.8. The number of ether oxygens (including phenoxy) is 2. The van der Waals surface area contributed by atoms with Crippen LogP contribution in [0.3, 0.4) is 0 Å². The number of aromatic nitrogens is 1. The van der Waals surface area contributed by atoms with Crippen molar-refractivity contribution < 1.29 is 14.3 Å². The Morgan fingerprint density at radius 1 is 1.26 bits per heavy atom. The molecule has 0 aliphatic carbocycles. The summed E-state index contributed by atoms with van der Waals surface area (Å²) in [4.78, 5) is 16.3. The lowest BCUT2D eigenvalue weighted by molar-refractivity contribution is -0.119. The molecule has 140 valence electrons. The van der Waals surface area contributed by atoms with Gasteiger partial charge in [-0.1, -0.05) is 23.5 Å². The van der Waals surface area contributed by atoms with Gasteiger partial charge in [0.1, 0.15) is 0 Å². The standard InChI is InChI=1S/C19H20N4O3S/c1-3-26-15-9-8-13(10-16(15)25-2)11-21-23-18(24)12-20-19-22-14-6-4-5-7-17(14)27-19/h4-11H,3,12H2,1-2H3,(H,20,22)(H,23,24)/b21-11-. The third-order valence-electron chi connectivity index (χ3n) is 3.58. The molecule has 3 aromatic rings. The fraction of sp³-hybridized carbons (Fsp3) is 0.211. The number of hydrogen-bond donors (Lipinski definition) is 2. The molecule has 3 rings (SSSR count). The maximum atomic E-state index is 11.9. The van der Waals surface area contributed by atoms with E-state index in [1.807, 2.05) is 37.3 Å². The van der Waals surface area contributed by atoms with Gasteiger partial charge in [-0.3, -0.25) is 4.79 Å². The van der Waals surface area contributed by atoms with Gasteiger partial charge < -0.3 is 14.8 Å². The number of thiazole rings is 1. The van der Waals surface area contributed by atoms with Crippen molar-refractivity contribution in [2.24, 2.45) is 5.10 Å². The van der Waals surface area contributed by atoms with Gasteiger partial charge in [0.05, 0.1) is 36.7 Å². The van der Waals surface area contributed by atoms with Crippen LogP contribution in [0.1, 0.15) is 12.5 Å². The van der Waals surface area contributed by atoms with Crippen LogP contribution < -0.4 is 20.2 Å². The maximum absolute atomic E-state index is 11.9. The molecule has 1 amide bonds. The molecule has 0 unspecified atom stereocenters. The molecule has 0 bridgehead atoms. The monoisotopic (exact) mass is 384 g/mol. The summed E-state index contributed by atoms with van der Waals surface area (Å²) in [6.45, 7) is 2.55. The molecule has 2 N–H and O–H groups in total. The second-order valence-corrected chi connectivity index (χ2v) is 6.51. The summed E-state index contributed by atoms with van der Waals surface area (Å²) >= 11 is 1.50. The number of nitrogens with one attached hydrogen (secondary N) is 2. The van der Waals surface area contributed by atoms with Crippen molar-refractivity contribution in [3.63, 3.8) is 0 Å². The van der Waals surface area contributed by atoms with Crippen LogP contribution in [0.25, 0.3) is 10.2 Å². The smallest absolute Gasteiger partial charge is 0.259 e. The Morgan fingerprint density at radius 2 is 2.11 bits per heavy atom. The Hall–Kier alpha value is -3.13. The van der Waals surface area contributed by atoms with E-state index < -0.39 is 0 Å². The second-order valence-electron chi connectivity index (χ2n) is 5.48. The summed E-state index contributed by atoms with van der Waals surface area (Å²) in [6, 6.07) is 13.3. The zero-order valence-electron chi connectivity index (χ0n) is 15.1. The highest BCUT2D eigenvalue weighted by atomic mass is 32.1. The zero-order chi connectivity index (χ0) is 19.1. The van der Waals surface area contributed by atoms with Crippen LogP contribution in [-0.4, -0.2) is 37.4 Å². The quantitative estimate of drug-likeness (QED) is 0.460. The van der Waals surface area contributed by atoms with Crippen LogP contribution in [0, 0.1) is 0 Å². The van der Waals surface area contributed by atoms with Crippen LogP contribution in [-0.2, 0) is 4.79 Å². The Balaban J connectivity index is 1.52. The van der Waals surface area contributed by atoms with E-state index in [1.54, 1.807) is 25.5 Å². The maximum Gasteiger partial charge on any atom is 0.259 e. The second kappa shape index (κ2) is 9.00. The van der Waals surface area contributed by atoms with Crippen LogP contribution in [0.2, 0.25) is 0 Å². The SMILES string of the molecule is CCOc1ccc(/C=N\NC(=O)CNc2nc3ccccc3s2)cc1OC. The number of rotatable bonds is 8. The van der Waals surface area contributed by atoms with Crippen molar-refractivity contribution in [2.45, 2.75) is 6.92 Å². The van der Waals surface area contributed by atoms with Gasteiger partial charge in [-0.15, -0.1) is 0 Å². The molecule has 0 fully saturated rings. The molecule has 0 saturated heterocycles. The average molecular weight is 384 g/mol. The number of nitrogens with zero attached hydrogens (tertiary/aromatic N) is 2. The number of para-hydroxylation sites is 1.